The fraction of sp³-hybridized carbons (Fsp3) is 0.133. The molecule has 0 aliphatic rings. The van der Waals surface area contributed by atoms with Crippen LogP contribution in [0.4, 0.5) is 27.8 Å². The second kappa shape index (κ2) is 7.68. The minimum absolute atomic E-state index is 0.0337. The Hall–Kier alpha value is -3.49. The zero-order chi connectivity index (χ0) is 17.5. The maximum atomic E-state index is 11.3. The van der Waals surface area contributed by atoms with Gasteiger partial charge >= 0.3 is 6.09 Å². The predicted molar refractivity (Wildman–Crippen MR) is 86.9 cm³/mol. The van der Waals surface area contributed by atoms with Crippen LogP contribution in [0.1, 0.15) is 6.92 Å². The molecule has 0 radical (unpaired) electrons. The fourth-order valence-corrected chi connectivity index (χ4v) is 1.67. The molecule has 1 aromatic carbocycles. The summed E-state index contributed by atoms with van der Waals surface area (Å²) in [4.78, 5) is 26.5. The smallest absolute Gasteiger partial charge is 0.412 e. The number of hydrogen-bond acceptors (Lipinski definition) is 7. The Balaban J connectivity index is 2.38. The van der Waals surface area contributed by atoms with Crippen LogP contribution in [0.2, 0.25) is 0 Å². The number of carbonyl (C=O) groups is 2. The SMILES string of the molecule is COC(=O)Nc1nc(NC(C)=O)c(N=Nc2ccccc2)cc1O. The number of carbonyl (C=O) groups excluding carboxylic acids is 2. The number of methoxy groups -OCH3 is 1. The summed E-state index contributed by atoms with van der Waals surface area (Å²) < 4.78 is 4.44. The van der Waals surface area contributed by atoms with E-state index in [1.807, 2.05) is 6.07 Å². The molecule has 2 aromatic rings. The third-order valence-corrected chi connectivity index (χ3v) is 2.71. The number of amides is 2. The molecule has 0 fully saturated rings. The van der Waals surface area contributed by atoms with Crippen molar-refractivity contribution in [2.45, 2.75) is 6.92 Å². The van der Waals surface area contributed by atoms with Crippen LogP contribution in [0.5, 0.6) is 5.75 Å². The van der Waals surface area contributed by atoms with E-state index in [0.717, 1.165) is 0 Å². The highest BCUT2D eigenvalue weighted by molar-refractivity contribution is 5.92. The van der Waals surface area contributed by atoms with Crippen LogP contribution in [0.25, 0.3) is 0 Å². The summed E-state index contributed by atoms with van der Waals surface area (Å²) in [5.74, 6) is -0.888. The van der Waals surface area contributed by atoms with E-state index in [-0.39, 0.29) is 23.1 Å². The van der Waals surface area contributed by atoms with E-state index in [2.05, 4.69) is 30.6 Å². The molecule has 0 aliphatic carbocycles. The van der Waals surface area contributed by atoms with E-state index in [9.17, 15) is 14.7 Å². The highest BCUT2D eigenvalue weighted by Gasteiger charge is 2.14. The maximum Gasteiger partial charge on any atom is 0.412 e. The van der Waals surface area contributed by atoms with Gasteiger partial charge < -0.3 is 15.2 Å². The molecule has 0 atom stereocenters. The number of anilines is 2. The average Bonchev–Trinajstić information content (AvgIpc) is 2.56. The van der Waals surface area contributed by atoms with Crippen LogP contribution in [0.15, 0.2) is 46.6 Å². The highest BCUT2D eigenvalue weighted by Crippen LogP contribution is 2.33. The summed E-state index contributed by atoms with van der Waals surface area (Å²) in [5, 5.41) is 22.6. The first-order valence-corrected chi connectivity index (χ1v) is 6.83. The molecule has 9 heteroatoms. The lowest BCUT2D eigenvalue weighted by Crippen LogP contribution is -2.14. The minimum Gasteiger partial charge on any atom is -0.504 e. The van der Waals surface area contributed by atoms with Gasteiger partial charge in [-0.1, -0.05) is 18.2 Å². The van der Waals surface area contributed by atoms with Crippen molar-refractivity contribution in [3.05, 3.63) is 36.4 Å². The molecule has 124 valence electrons. The summed E-state index contributed by atoms with van der Waals surface area (Å²) in [5.41, 5.74) is 0.712. The van der Waals surface area contributed by atoms with Crippen LogP contribution >= 0.6 is 0 Å². The van der Waals surface area contributed by atoms with Crippen molar-refractivity contribution in [1.82, 2.24) is 4.98 Å². The average molecular weight is 329 g/mol. The quantitative estimate of drug-likeness (QED) is 0.742. The molecule has 0 saturated heterocycles. The minimum atomic E-state index is -0.815. The third-order valence-electron chi connectivity index (χ3n) is 2.71. The Morgan fingerprint density at radius 1 is 1.12 bits per heavy atom. The second-order valence-corrected chi connectivity index (χ2v) is 4.56. The van der Waals surface area contributed by atoms with Gasteiger partial charge in [0.2, 0.25) is 5.91 Å². The van der Waals surface area contributed by atoms with Crippen molar-refractivity contribution in [3.63, 3.8) is 0 Å². The van der Waals surface area contributed by atoms with Crippen molar-refractivity contribution in [1.29, 1.82) is 0 Å². The molecule has 2 rings (SSSR count). The van der Waals surface area contributed by atoms with Gasteiger partial charge in [0.15, 0.2) is 17.4 Å². The molecule has 0 saturated carbocycles. The van der Waals surface area contributed by atoms with E-state index < -0.39 is 12.0 Å². The van der Waals surface area contributed by atoms with Gasteiger partial charge in [0, 0.05) is 13.0 Å². The van der Waals surface area contributed by atoms with Crippen LogP contribution in [-0.4, -0.2) is 29.2 Å². The van der Waals surface area contributed by atoms with Gasteiger partial charge in [-0.15, -0.1) is 5.11 Å². The Labute approximate surface area is 137 Å². The molecule has 0 bridgehead atoms. The van der Waals surface area contributed by atoms with E-state index >= 15 is 0 Å². The number of azo groups is 1. The van der Waals surface area contributed by atoms with Gasteiger partial charge in [-0.25, -0.2) is 9.78 Å². The Morgan fingerprint density at radius 3 is 2.46 bits per heavy atom. The third kappa shape index (κ3) is 4.50. The van der Waals surface area contributed by atoms with Gasteiger partial charge in [0.05, 0.1) is 12.8 Å². The molecule has 0 unspecified atom stereocenters. The van der Waals surface area contributed by atoms with Gasteiger partial charge in [-0.05, 0) is 12.1 Å². The number of pyridine rings is 1. The standard InChI is InChI=1S/C15H15N5O4/c1-9(21)16-13-11(20-19-10-6-4-3-5-7-10)8-12(22)14(17-13)18-15(23)24-2/h3-8,22H,1-2H3,(H2,16,17,18,21,23). The van der Waals surface area contributed by atoms with E-state index in [0.29, 0.717) is 5.69 Å². The van der Waals surface area contributed by atoms with Gasteiger partial charge in [-0.3, -0.25) is 10.1 Å². The second-order valence-electron chi connectivity index (χ2n) is 4.56. The lowest BCUT2D eigenvalue weighted by atomic mass is 10.3. The molecular formula is C15H15N5O4. The lowest BCUT2D eigenvalue weighted by molar-refractivity contribution is -0.114. The Bertz CT molecular complexity index is 777. The maximum absolute atomic E-state index is 11.3. The van der Waals surface area contributed by atoms with Crippen LogP contribution in [0.3, 0.4) is 0 Å². The largest absolute Gasteiger partial charge is 0.504 e. The van der Waals surface area contributed by atoms with E-state index in [4.69, 9.17) is 0 Å². The molecule has 9 nitrogen and oxygen atoms in total. The first-order chi connectivity index (χ1) is 11.5. The number of benzene rings is 1. The topological polar surface area (TPSA) is 125 Å². The first-order valence-electron chi connectivity index (χ1n) is 6.83. The number of aromatic nitrogens is 1. The summed E-state index contributed by atoms with van der Waals surface area (Å²) in [6.07, 6.45) is -0.815. The number of nitrogens with zero attached hydrogens (tertiary/aromatic N) is 3. The number of aromatic hydroxyl groups is 1. The molecule has 0 aliphatic heterocycles. The lowest BCUT2D eigenvalue weighted by Gasteiger charge is -2.10. The molecule has 1 heterocycles. The van der Waals surface area contributed by atoms with Gasteiger partial charge in [0.1, 0.15) is 5.69 Å². The monoisotopic (exact) mass is 329 g/mol. The number of nitrogens with one attached hydrogen (secondary N) is 2. The van der Waals surface area contributed by atoms with E-state index in [1.54, 1.807) is 24.3 Å². The Kier molecular flexibility index (Phi) is 5.40. The molecule has 0 spiro atoms. The Morgan fingerprint density at radius 2 is 1.83 bits per heavy atom. The zero-order valence-electron chi connectivity index (χ0n) is 13.0. The van der Waals surface area contributed by atoms with Crippen LogP contribution < -0.4 is 10.6 Å². The van der Waals surface area contributed by atoms with E-state index in [1.165, 1.54) is 20.1 Å². The summed E-state index contributed by atoms with van der Waals surface area (Å²) in [6.45, 7) is 1.29. The summed E-state index contributed by atoms with van der Waals surface area (Å²) >= 11 is 0. The summed E-state index contributed by atoms with van der Waals surface area (Å²) in [6, 6.07) is 10.1. The first kappa shape index (κ1) is 16.9. The number of hydrogen-bond donors (Lipinski definition) is 3. The predicted octanol–water partition coefficient (Wildman–Crippen LogP) is 3.34. The fourth-order valence-electron chi connectivity index (χ4n) is 1.67. The number of rotatable bonds is 4. The van der Waals surface area contributed by atoms with Crippen molar-refractivity contribution >= 4 is 35.0 Å². The molecule has 24 heavy (non-hydrogen) atoms. The van der Waals surface area contributed by atoms with Crippen molar-refractivity contribution in [2.75, 3.05) is 17.7 Å². The van der Waals surface area contributed by atoms with Crippen LogP contribution in [-0.2, 0) is 9.53 Å². The number of ether oxygens (including phenoxy) is 1. The molecule has 3 N–H and O–H groups in total. The van der Waals surface area contributed by atoms with Gasteiger partial charge in [0.25, 0.3) is 0 Å². The summed E-state index contributed by atoms with van der Waals surface area (Å²) in [7, 11) is 1.17. The van der Waals surface area contributed by atoms with Crippen molar-refractivity contribution in [2.24, 2.45) is 10.2 Å². The van der Waals surface area contributed by atoms with Crippen molar-refractivity contribution in [3.8, 4) is 5.75 Å². The molecule has 1 aromatic heterocycles. The van der Waals surface area contributed by atoms with Crippen molar-refractivity contribution < 1.29 is 19.4 Å². The van der Waals surface area contributed by atoms with Crippen LogP contribution in [0, 0.1) is 0 Å². The zero-order valence-corrected chi connectivity index (χ0v) is 13.0. The highest BCUT2D eigenvalue weighted by atomic mass is 16.5. The normalized spacial score (nSPS) is 10.4. The molecular weight excluding hydrogens is 314 g/mol. The molecule has 2 amide bonds. The van der Waals surface area contributed by atoms with Gasteiger partial charge in [-0.2, -0.15) is 5.11 Å².